The highest BCUT2D eigenvalue weighted by atomic mass is 16.5. The highest BCUT2D eigenvalue weighted by molar-refractivity contribution is 5.58. The third-order valence-electron chi connectivity index (χ3n) is 3.98. The van der Waals surface area contributed by atoms with E-state index >= 15 is 0 Å². The fourth-order valence-electron chi connectivity index (χ4n) is 2.84. The minimum Gasteiger partial charge on any atom is -0.388 e. The van der Waals surface area contributed by atoms with Crippen LogP contribution in [-0.2, 0) is 11.2 Å². The predicted molar refractivity (Wildman–Crippen MR) is 67.3 cm³/mol. The normalized spacial score (nSPS) is 25.1. The van der Waals surface area contributed by atoms with Gasteiger partial charge in [0.25, 0.3) is 0 Å². The molecule has 1 N–H and O–H groups in total. The SMILES string of the molecule is CN1CCc2cc(C(O)C3CCOC3)ccc21. The lowest BCUT2D eigenvalue weighted by Crippen LogP contribution is -2.13. The Labute approximate surface area is 102 Å². The zero-order valence-corrected chi connectivity index (χ0v) is 10.2. The number of likely N-dealkylation sites (N-methyl/N-ethyl adjacent to an activating group) is 1. The Morgan fingerprint density at radius 3 is 3.12 bits per heavy atom. The first-order valence-electron chi connectivity index (χ1n) is 6.35. The summed E-state index contributed by atoms with van der Waals surface area (Å²) >= 11 is 0. The molecule has 2 aliphatic rings. The van der Waals surface area contributed by atoms with Crippen LogP contribution in [0.3, 0.4) is 0 Å². The average Bonchev–Trinajstić information content (AvgIpc) is 2.98. The van der Waals surface area contributed by atoms with E-state index in [2.05, 4.69) is 30.1 Å². The van der Waals surface area contributed by atoms with Crippen LogP contribution >= 0.6 is 0 Å². The molecule has 0 aliphatic carbocycles. The first-order valence-corrected chi connectivity index (χ1v) is 6.35. The van der Waals surface area contributed by atoms with Crippen LogP contribution in [0.4, 0.5) is 5.69 Å². The summed E-state index contributed by atoms with van der Waals surface area (Å²) in [5.74, 6) is 0.271. The minimum atomic E-state index is -0.367. The summed E-state index contributed by atoms with van der Waals surface area (Å²) in [6.07, 6.45) is 1.69. The van der Waals surface area contributed by atoms with Crippen molar-refractivity contribution in [2.75, 3.05) is 31.7 Å². The van der Waals surface area contributed by atoms with E-state index in [-0.39, 0.29) is 12.0 Å². The standard InChI is InChI=1S/C14H19NO2/c1-15-6-4-10-8-11(2-3-13(10)15)14(16)12-5-7-17-9-12/h2-3,8,12,14,16H,4-7,9H2,1H3. The number of fused-ring (bicyclic) bond motifs is 1. The highest BCUT2D eigenvalue weighted by Crippen LogP contribution is 2.33. The Morgan fingerprint density at radius 2 is 2.35 bits per heavy atom. The Bertz CT molecular complexity index is 413. The second-order valence-electron chi connectivity index (χ2n) is 5.13. The molecule has 2 aliphatic heterocycles. The summed E-state index contributed by atoms with van der Waals surface area (Å²) in [7, 11) is 2.12. The first-order chi connectivity index (χ1) is 8.25. The zero-order chi connectivity index (χ0) is 11.8. The number of anilines is 1. The quantitative estimate of drug-likeness (QED) is 0.844. The van der Waals surface area contributed by atoms with Crippen molar-refractivity contribution < 1.29 is 9.84 Å². The fraction of sp³-hybridized carbons (Fsp3) is 0.571. The zero-order valence-electron chi connectivity index (χ0n) is 10.2. The van der Waals surface area contributed by atoms with Gasteiger partial charge in [0.05, 0.1) is 12.7 Å². The Morgan fingerprint density at radius 1 is 1.47 bits per heavy atom. The van der Waals surface area contributed by atoms with Crippen molar-refractivity contribution in [1.82, 2.24) is 0 Å². The van der Waals surface area contributed by atoms with Crippen LogP contribution < -0.4 is 4.90 Å². The molecule has 0 bridgehead atoms. The second-order valence-corrected chi connectivity index (χ2v) is 5.13. The third kappa shape index (κ3) is 1.94. The van der Waals surface area contributed by atoms with E-state index in [0.29, 0.717) is 6.61 Å². The molecule has 1 fully saturated rings. The summed E-state index contributed by atoms with van der Waals surface area (Å²) in [5, 5.41) is 10.3. The fourth-order valence-corrected chi connectivity index (χ4v) is 2.84. The Balaban J connectivity index is 1.84. The van der Waals surface area contributed by atoms with Gasteiger partial charge in [0, 0.05) is 31.8 Å². The van der Waals surface area contributed by atoms with Crippen LogP contribution in [0.2, 0.25) is 0 Å². The van der Waals surface area contributed by atoms with Gasteiger partial charge in [-0.05, 0) is 30.0 Å². The molecular weight excluding hydrogens is 214 g/mol. The molecule has 1 aromatic carbocycles. The van der Waals surface area contributed by atoms with Gasteiger partial charge in [-0.25, -0.2) is 0 Å². The minimum absolute atomic E-state index is 0.271. The van der Waals surface area contributed by atoms with Gasteiger partial charge in [0.1, 0.15) is 0 Å². The molecule has 2 heterocycles. The largest absolute Gasteiger partial charge is 0.388 e. The number of aliphatic hydroxyl groups is 1. The van der Waals surface area contributed by atoms with Crippen LogP contribution in [0, 0.1) is 5.92 Å². The van der Waals surface area contributed by atoms with Crippen molar-refractivity contribution in [3.8, 4) is 0 Å². The van der Waals surface area contributed by atoms with Gasteiger partial charge >= 0.3 is 0 Å². The number of ether oxygens (including phenoxy) is 1. The lowest BCUT2D eigenvalue weighted by Gasteiger charge is -2.18. The number of aliphatic hydroxyl groups excluding tert-OH is 1. The van der Waals surface area contributed by atoms with Crippen molar-refractivity contribution in [2.45, 2.75) is 18.9 Å². The topological polar surface area (TPSA) is 32.7 Å². The van der Waals surface area contributed by atoms with Crippen LogP contribution in [0.5, 0.6) is 0 Å². The predicted octanol–water partition coefficient (Wildman–Crippen LogP) is 1.75. The van der Waals surface area contributed by atoms with E-state index in [9.17, 15) is 5.11 Å². The van der Waals surface area contributed by atoms with Crippen molar-refractivity contribution in [1.29, 1.82) is 0 Å². The molecule has 92 valence electrons. The van der Waals surface area contributed by atoms with Gasteiger partial charge in [-0.1, -0.05) is 12.1 Å². The lowest BCUT2D eigenvalue weighted by molar-refractivity contribution is 0.0918. The molecular formula is C14H19NO2. The van der Waals surface area contributed by atoms with Crippen LogP contribution in [0.15, 0.2) is 18.2 Å². The molecule has 2 unspecified atom stereocenters. The number of benzene rings is 1. The van der Waals surface area contributed by atoms with Gasteiger partial charge in [0.2, 0.25) is 0 Å². The van der Waals surface area contributed by atoms with Crippen molar-refractivity contribution in [3.05, 3.63) is 29.3 Å². The molecule has 0 aromatic heterocycles. The van der Waals surface area contributed by atoms with E-state index in [1.807, 2.05) is 0 Å². The highest BCUT2D eigenvalue weighted by Gasteiger charge is 2.26. The van der Waals surface area contributed by atoms with Crippen LogP contribution in [0.25, 0.3) is 0 Å². The molecule has 0 spiro atoms. The van der Waals surface area contributed by atoms with Crippen molar-refractivity contribution in [3.63, 3.8) is 0 Å². The van der Waals surface area contributed by atoms with E-state index < -0.39 is 0 Å². The molecule has 1 saturated heterocycles. The smallest absolute Gasteiger partial charge is 0.0841 e. The van der Waals surface area contributed by atoms with Gasteiger partial charge in [-0.15, -0.1) is 0 Å². The number of hydrogen-bond acceptors (Lipinski definition) is 3. The third-order valence-corrected chi connectivity index (χ3v) is 3.98. The van der Waals surface area contributed by atoms with Crippen molar-refractivity contribution >= 4 is 5.69 Å². The maximum Gasteiger partial charge on any atom is 0.0841 e. The summed E-state index contributed by atoms with van der Waals surface area (Å²) < 4.78 is 5.34. The lowest BCUT2D eigenvalue weighted by atomic mass is 9.93. The van der Waals surface area contributed by atoms with E-state index in [1.54, 1.807) is 0 Å². The molecule has 0 amide bonds. The maximum absolute atomic E-state index is 10.3. The Kier molecular flexibility index (Phi) is 2.81. The molecule has 0 radical (unpaired) electrons. The molecule has 3 heteroatoms. The monoisotopic (exact) mass is 233 g/mol. The van der Waals surface area contributed by atoms with Gasteiger partial charge in [-0.3, -0.25) is 0 Å². The maximum atomic E-state index is 10.3. The van der Waals surface area contributed by atoms with Crippen LogP contribution in [-0.4, -0.2) is 31.9 Å². The molecule has 3 rings (SSSR count). The van der Waals surface area contributed by atoms with Gasteiger partial charge in [0.15, 0.2) is 0 Å². The summed E-state index contributed by atoms with van der Waals surface area (Å²) in [6, 6.07) is 6.36. The molecule has 0 saturated carbocycles. The second kappa shape index (κ2) is 4.31. The van der Waals surface area contributed by atoms with E-state index in [0.717, 1.165) is 31.6 Å². The van der Waals surface area contributed by atoms with E-state index in [1.165, 1.54) is 11.3 Å². The number of rotatable bonds is 2. The number of nitrogens with zero attached hydrogens (tertiary/aromatic N) is 1. The van der Waals surface area contributed by atoms with Crippen LogP contribution in [0.1, 0.15) is 23.7 Å². The molecule has 2 atom stereocenters. The van der Waals surface area contributed by atoms with Gasteiger partial charge in [-0.2, -0.15) is 0 Å². The molecule has 3 nitrogen and oxygen atoms in total. The van der Waals surface area contributed by atoms with E-state index in [4.69, 9.17) is 4.74 Å². The van der Waals surface area contributed by atoms with Crippen molar-refractivity contribution in [2.24, 2.45) is 5.92 Å². The summed E-state index contributed by atoms with van der Waals surface area (Å²) in [6.45, 7) is 2.56. The summed E-state index contributed by atoms with van der Waals surface area (Å²) in [4.78, 5) is 2.27. The van der Waals surface area contributed by atoms with Gasteiger partial charge < -0.3 is 14.7 Å². The average molecular weight is 233 g/mol. The molecule has 1 aromatic rings. The first kappa shape index (κ1) is 11.1. The Hall–Kier alpha value is -1.06. The number of hydrogen-bond donors (Lipinski definition) is 1. The molecule has 17 heavy (non-hydrogen) atoms. The summed E-state index contributed by atoms with van der Waals surface area (Å²) in [5.41, 5.74) is 3.72.